The largest absolute Gasteiger partial charge is 0.378 e. The Morgan fingerprint density at radius 2 is 2.00 bits per heavy atom. The van der Waals surface area contributed by atoms with Crippen molar-refractivity contribution in [3.63, 3.8) is 0 Å². The van der Waals surface area contributed by atoms with Crippen LogP contribution in [0, 0.1) is 0 Å². The molecule has 3 rings (SSSR count). The van der Waals surface area contributed by atoms with Crippen LogP contribution in [0.15, 0.2) is 4.52 Å². The van der Waals surface area contributed by atoms with Gasteiger partial charge in [-0.2, -0.15) is 4.98 Å². The zero-order valence-electron chi connectivity index (χ0n) is 13.0. The van der Waals surface area contributed by atoms with Gasteiger partial charge in [0.25, 0.3) is 0 Å². The Bertz CT molecular complexity index is 427. The fourth-order valence-electron chi connectivity index (χ4n) is 3.61. The number of nitrogens with one attached hydrogen (secondary N) is 1. The highest BCUT2D eigenvalue weighted by Crippen LogP contribution is 2.32. The van der Waals surface area contributed by atoms with E-state index in [-0.39, 0.29) is 6.10 Å². The predicted molar refractivity (Wildman–Crippen MR) is 80.3 cm³/mol. The molecule has 0 radical (unpaired) electrons. The Hall–Kier alpha value is -0.940. The third-order valence-electron chi connectivity index (χ3n) is 4.72. The van der Waals surface area contributed by atoms with E-state index in [1.54, 1.807) is 0 Å². The molecule has 5 heteroatoms. The molecular formula is C16H27N3O2. The van der Waals surface area contributed by atoms with Crippen LogP contribution in [0.3, 0.4) is 0 Å². The number of ether oxygens (including phenoxy) is 1. The minimum atomic E-state index is 0.278. The summed E-state index contributed by atoms with van der Waals surface area (Å²) in [6.45, 7) is 4.03. The van der Waals surface area contributed by atoms with Gasteiger partial charge in [0, 0.05) is 19.1 Å². The summed E-state index contributed by atoms with van der Waals surface area (Å²) in [4.78, 5) is 4.66. The van der Waals surface area contributed by atoms with E-state index < -0.39 is 0 Å². The Kier molecular flexibility index (Phi) is 5.25. The minimum Gasteiger partial charge on any atom is -0.378 e. The molecule has 3 unspecified atom stereocenters. The van der Waals surface area contributed by atoms with Gasteiger partial charge >= 0.3 is 0 Å². The average Bonchev–Trinajstić information content (AvgIpc) is 2.97. The monoisotopic (exact) mass is 293 g/mol. The van der Waals surface area contributed by atoms with E-state index in [2.05, 4.69) is 22.4 Å². The molecule has 118 valence electrons. The molecule has 0 bridgehead atoms. The predicted octanol–water partition coefficient (Wildman–Crippen LogP) is 2.82. The molecule has 2 fully saturated rings. The molecule has 1 aromatic rings. The Morgan fingerprint density at radius 3 is 2.81 bits per heavy atom. The maximum absolute atomic E-state index is 5.76. The van der Waals surface area contributed by atoms with E-state index in [0.717, 1.165) is 44.1 Å². The third-order valence-corrected chi connectivity index (χ3v) is 4.72. The van der Waals surface area contributed by atoms with Crippen LogP contribution in [0.5, 0.6) is 0 Å². The Balaban J connectivity index is 1.62. The van der Waals surface area contributed by atoms with Crippen LogP contribution in [0.25, 0.3) is 0 Å². The molecule has 1 saturated heterocycles. The van der Waals surface area contributed by atoms with Gasteiger partial charge in [0.15, 0.2) is 5.82 Å². The van der Waals surface area contributed by atoms with Crippen LogP contribution in [-0.2, 0) is 11.2 Å². The normalized spacial score (nSPS) is 30.4. The lowest BCUT2D eigenvalue weighted by Crippen LogP contribution is -2.37. The third kappa shape index (κ3) is 3.83. The quantitative estimate of drug-likeness (QED) is 0.904. The maximum atomic E-state index is 5.76. The lowest BCUT2D eigenvalue weighted by Gasteiger charge is -2.29. The molecule has 1 aliphatic carbocycles. The van der Waals surface area contributed by atoms with Gasteiger partial charge in [-0.1, -0.05) is 24.9 Å². The first-order chi connectivity index (χ1) is 10.4. The van der Waals surface area contributed by atoms with Crippen molar-refractivity contribution in [3.05, 3.63) is 11.7 Å². The first kappa shape index (κ1) is 15.0. The highest BCUT2D eigenvalue weighted by atomic mass is 16.5. The second kappa shape index (κ2) is 7.36. The van der Waals surface area contributed by atoms with Crippen molar-refractivity contribution in [1.82, 2.24) is 15.5 Å². The smallest absolute Gasteiger partial charge is 0.231 e. The van der Waals surface area contributed by atoms with E-state index >= 15 is 0 Å². The van der Waals surface area contributed by atoms with Crippen LogP contribution >= 0.6 is 0 Å². The van der Waals surface area contributed by atoms with Crippen molar-refractivity contribution in [2.75, 3.05) is 13.2 Å². The zero-order valence-corrected chi connectivity index (χ0v) is 13.0. The molecule has 2 aliphatic rings. The average molecular weight is 293 g/mol. The molecule has 21 heavy (non-hydrogen) atoms. The summed E-state index contributed by atoms with van der Waals surface area (Å²) in [5.74, 6) is 2.02. The van der Waals surface area contributed by atoms with Crippen LogP contribution in [0.2, 0.25) is 0 Å². The van der Waals surface area contributed by atoms with E-state index in [1.165, 1.54) is 32.1 Å². The van der Waals surface area contributed by atoms with Crippen LogP contribution in [0.4, 0.5) is 0 Å². The number of hydrogen-bond donors (Lipinski definition) is 1. The summed E-state index contributed by atoms with van der Waals surface area (Å²) in [6, 6.07) is 0.489. The number of hydrogen-bond acceptors (Lipinski definition) is 5. The molecular weight excluding hydrogens is 266 g/mol. The summed E-state index contributed by atoms with van der Waals surface area (Å²) < 4.78 is 11.3. The van der Waals surface area contributed by atoms with Gasteiger partial charge in [0.05, 0.1) is 12.0 Å². The number of aromatic nitrogens is 2. The van der Waals surface area contributed by atoms with Crippen molar-refractivity contribution < 1.29 is 9.26 Å². The Labute approximate surface area is 126 Å². The topological polar surface area (TPSA) is 60.2 Å². The van der Waals surface area contributed by atoms with Crippen LogP contribution < -0.4 is 5.32 Å². The Morgan fingerprint density at radius 1 is 1.14 bits per heavy atom. The van der Waals surface area contributed by atoms with Gasteiger partial charge in [0.2, 0.25) is 5.89 Å². The molecule has 0 spiro atoms. The van der Waals surface area contributed by atoms with Gasteiger partial charge in [0.1, 0.15) is 0 Å². The number of nitrogens with zero attached hydrogens (tertiary/aromatic N) is 2. The van der Waals surface area contributed by atoms with E-state index in [0.29, 0.717) is 12.0 Å². The SMILES string of the molecule is CCNC1CCCCC1c1nc(CC2CCCCO2)no1. The van der Waals surface area contributed by atoms with Gasteiger partial charge in [-0.25, -0.2) is 0 Å². The molecule has 1 saturated carbocycles. The van der Waals surface area contributed by atoms with Crippen LogP contribution in [0.1, 0.15) is 69.5 Å². The molecule has 1 aliphatic heterocycles. The second-order valence-corrected chi connectivity index (χ2v) is 6.30. The molecule has 2 heterocycles. The van der Waals surface area contributed by atoms with Crippen molar-refractivity contribution in [3.8, 4) is 0 Å². The summed E-state index contributed by atoms with van der Waals surface area (Å²) in [7, 11) is 0. The molecule has 0 amide bonds. The zero-order chi connectivity index (χ0) is 14.5. The summed E-state index contributed by atoms with van der Waals surface area (Å²) in [5, 5.41) is 7.76. The van der Waals surface area contributed by atoms with Crippen molar-refractivity contribution in [2.24, 2.45) is 0 Å². The minimum absolute atomic E-state index is 0.278. The molecule has 1 N–H and O–H groups in total. The second-order valence-electron chi connectivity index (χ2n) is 6.30. The molecule has 1 aromatic heterocycles. The molecule has 5 nitrogen and oxygen atoms in total. The lowest BCUT2D eigenvalue weighted by molar-refractivity contribution is 0.0153. The van der Waals surface area contributed by atoms with Gasteiger partial charge in [-0.05, 0) is 38.6 Å². The highest BCUT2D eigenvalue weighted by Gasteiger charge is 2.30. The van der Waals surface area contributed by atoms with Crippen molar-refractivity contribution >= 4 is 0 Å². The summed E-state index contributed by atoms with van der Waals surface area (Å²) >= 11 is 0. The van der Waals surface area contributed by atoms with Crippen LogP contribution in [-0.4, -0.2) is 35.4 Å². The standard InChI is InChI=1S/C16H27N3O2/c1-2-17-14-9-4-3-8-13(14)16-18-15(19-21-16)11-12-7-5-6-10-20-12/h12-14,17H,2-11H2,1H3. The fourth-order valence-corrected chi connectivity index (χ4v) is 3.61. The van der Waals surface area contributed by atoms with Gasteiger partial charge in [-0.15, -0.1) is 0 Å². The number of rotatable bonds is 5. The number of likely N-dealkylation sites (N-methyl/N-ethyl adjacent to an activating group) is 1. The van der Waals surface area contributed by atoms with Gasteiger partial charge in [-0.3, -0.25) is 0 Å². The first-order valence-electron chi connectivity index (χ1n) is 8.54. The lowest BCUT2D eigenvalue weighted by atomic mass is 9.84. The first-order valence-corrected chi connectivity index (χ1v) is 8.54. The van der Waals surface area contributed by atoms with E-state index in [1.807, 2.05) is 0 Å². The molecule has 0 aromatic carbocycles. The summed E-state index contributed by atoms with van der Waals surface area (Å²) in [5.41, 5.74) is 0. The fraction of sp³-hybridized carbons (Fsp3) is 0.875. The van der Waals surface area contributed by atoms with Crippen molar-refractivity contribution in [1.29, 1.82) is 0 Å². The van der Waals surface area contributed by atoms with E-state index in [4.69, 9.17) is 9.26 Å². The highest BCUT2D eigenvalue weighted by molar-refractivity contribution is 5.02. The van der Waals surface area contributed by atoms with E-state index in [9.17, 15) is 0 Å². The van der Waals surface area contributed by atoms with Crippen molar-refractivity contribution in [2.45, 2.75) is 76.4 Å². The molecule has 3 atom stereocenters. The van der Waals surface area contributed by atoms with Gasteiger partial charge < -0.3 is 14.6 Å². The summed E-state index contributed by atoms with van der Waals surface area (Å²) in [6.07, 6.45) is 9.54. The maximum Gasteiger partial charge on any atom is 0.231 e.